The number of aromatic nitrogens is 1. The molecule has 0 spiro atoms. The van der Waals surface area contributed by atoms with E-state index in [4.69, 9.17) is 9.26 Å². The van der Waals surface area contributed by atoms with Crippen LogP contribution in [0.5, 0.6) is 0 Å². The lowest BCUT2D eigenvalue weighted by Gasteiger charge is -1.97. The molecule has 1 aromatic rings. The Labute approximate surface area is 72.7 Å². The summed E-state index contributed by atoms with van der Waals surface area (Å²) >= 11 is 0. The second kappa shape index (κ2) is 5.77. The van der Waals surface area contributed by atoms with E-state index in [0.717, 1.165) is 31.6 Å². The van der Waals surface area contributed by atoms with Crippen LogP contribution in [0.3, 0.4) is 0 Å². The number of methoxy groups -OCH3 is 1. The highest BCUT2D eigenvalue weighted by Gasteiger charge is 1.95. The molecule has 68 valence electrons. The summed E-state index contributed by atoms with van der Waals surface area (Å²) in [7, 11) is 1.73. The van der Waals surface area contributed by atoms with Crippen molar-refractivity contribution in [2.24, 2.45) is 0 Å². The van der Waals surface area contributed by atoms with Crippen LogP contribution in [0, 0.1) is 0 Å². The Kier molecular flexibility index (Phi) is 4.46. The van der Waals surface area contributed by atoms with Gasteiger partial charge in [0.05, 0.1) is 5.69 Å². The first kappa shape index (κ1) is 9.26. The third-order valence-electron chi connectivity index (χ3n) is 1.77. The van der Waals surface area contributed by atoms with Crippen molar-refractivity contribution in [2.75, 3.05) is 13.7 Å². The number of rotatable bonds is 6. The van der Waals surface area contributed by atoms with Gasteiger partial charge in [0.2, 0.25) is 0 Å². The first-order valence-corrected chi connectivity index (χ1v) is 4.31. The number of nitrogens with zero attached hydrogens (tertiary/aromatic N) is 1. The fraction of sp³-hybridized carbons (Fsp3) is 0.667. The third kappa shape index (κ3) is 3.53. The minimum Gasteiger partial charge on any atom is -0.385 e. The molecule has 0 saturated carbocycles. The van der Waals surface area contributed by atoms with Crippen LogP contribution >= 0.6 is 0 Å². The van der Waals surface area contributed by atoms with Crippen molar-refractivity contribution in [2.45, 2.75) is 25.7 Å². The van der Waals surface area contributed by atoms with E-state index >= 15 is 0 Å². The van der Waals surface area contributed by atoms with E-state index in [1.54, 1.807) is 13.4 Å². The van der Waals surface area contributed by atoms with E-state index < -0.39 is 0 Å². The molecule has 0 bridgehead atoms. The minimum absolute atomic E-state index is 0.860. The lowest BCUT2D eigenvalue weighted by atomic mass is 10.1. The summed E-state index contributed by atoms with van der Waals surface area (Å²) in [5, 5.41) is 3.83. The molecule has 0 aromatic carbocycles. The van der Waals surface area contributed by atoms with Crippen LogP contribution in [0.25, 0.3) is 0 Å². The molecule has 3 nitrogen and oxygen atoms in total. The normalized spacial score (nSPS) is 10.4. The van der Waals surface area contributed by atoms with Gasteiger partial charge in [0.15, 0.2) is 0 Å². The molecule has 0 aliphatic rings. The molecular weight excluding hydrogens is 154 g/mol. The van der Waals surface area contributed by atoms with E-state index in [2.05, 4.69) is 5.16 Å². The van der Waals surface area contributed by atoms with Crippen LogP contribution in [0.15, 0.2) is 16.9 Å². The quantitative estimate of drug-likeness (QED) is 0.611. The van der Waals surface area contributed by atoms with Gasteiger partial charge in [-0.25, -0.2) is 0 Å². The van der Waals surface area contributed by atoms with Crippen molar-refractivity contribution < 1.29 is 9.26 Å². The molecule has 1 heterocycles. The molecule has 0 fully saturated rings. The fourth-order valence-corrected chi connectivity index (χ4v) is 1.10. The largest absolute Gasteiger partial charge is 0.385 e. The monoisotopic (exact) mass is 169 g/mol. The van der Waals surface area contributed by atoms with Gasteiger partial charge >= 0.3 is 0 Å². The maximum absolute atomic E-state index is 4.94. The molecule has 0 saturated heterocycles. The first-order chi connectivity index (χ1) is 5.93. The Morgan fingerprint density at radius 1 is 1.42 bits per heavy atom. The molecule has 1 aromatic heterocycles. The molecule has 3 heteroatoms. The molecule has 0 aliphatic heterocycles. The van der Waals surface area contributed by atoms with Crippen LogP contribution in [0.4, 0.5) is 0 Å². The third-order valence-corrected chi connectivity index (χ3v) is 1.77. The molecule has 0 N–H and O–H groups in total. The molecule has 1 rings (SSSR count). The Hall–Kier alpha value is -0.830. The predicted octanol–water partition coefficient (Wildman–Crippen LogP) is 2.03. The standard InChI is InChI=1S/C9H15NO2/c1-11-7-4-2-3-5-9-6-8-12-10-9/h6,8H,2-5,7H2,1H3. The van der Waals surface area contributed by atoms with E-state index in [1.165, 1.54) is 6.42 Å². The zero-order valence-corrected chi connectivity index (χ0v) is 7.45. The predicted molar refractivity (Wildman–Crippen MR) is 45.9 cm³/mol. The Bertz CT molecular complexity index is 184. The maximum Gasteiger partial charge on any atom is 0.124 e. The lowest BCUT2D eigenvalue weighted by molar-refractivity contribution is 0.192. The van der Waals surface area contributed by atoms with Crippen LogP contribution < -0.4 is 0 Å². The van der Waals surface area contributed by atoms with Gasteiger partial charge in [-0.1, -0.05) is 11.6 Å². The average molecular weight is 169 g/mol. The zero-order chi connectivity index (χ0) is 8.65. The topological polar surface area (TPSA) is 35.3 Å². The molecule has 0 unspecified atom stereocenters. The molecule has 0 radical (unpaired) electrons. The maximum atomic E-state index is 4.94. The number of hydrogen-bond acceptors (Lipinski definition) is 3. The Morgan fingerprint density at radius 2 is 2.33 bits per heavy atom. The summed E-state index contributed by atoms with van der Waals surface area (Å²) < 4.78 is 9.66. The summed E-state index contributed by atoms with van der Waals surface area (Å²) in [6.07, 6.45) is 6.12. The van der Waals surface area contributed by atoms with Gasteiger partial charge in [0.1, 0.15) is 6.26 Å². The zero-order valence-electron chi connectivity index (χ0n) is 7.45. The second-order valence-electron chi connectivity index (χ2n) is 2.79. The summed E-state index contributed by atoms with van der Waals surface area (Å²) in [6, 6.07) is 1.91. The summed E-state index contributed by atoms with van der Waals surface area (Å²) in [5.41, 5.74) is 1.05. The average Bonchev–Trinajstić information content (AvgIpc) is 2.57. The lowest BCUT2D eigenvalue weighted by Crippen LogP contribution is -1.90. The highest BCUT2D eigenvalue weighted by molar-refractivity contribution is 4.94. The summed E-state index contributed by atoms with van der Waals surface area (Å²) in [4.78, 5) is 0. The smallest absolute Gasteiger partial charge is 0.124 e. The molecule has 0 aliphatic carbocycles. The van der Waals surface area contributed by atoms with E-state index in [9.17, 15) is 0 Å². The van der Waals surface area contributed by atoms with Crippen molar-refractivity contribution in [1.82, 2.24) is 5.16 Å². The van der Waals surface area contributed by atoms with Crippen LogP contribution in [-0.4, -0.2) is 18.9 Å². The van der Waals surface area contributed by atoms with Crippen molar-refractivity contribution in [3.8, 4) is 0 Å². The number of hydrogen-bond donors (Lipinski definition) is 0. The van der Waals surface area contributed by atoms with Crippen LogP contribution in [0.1, 0.15) is 25.0 Å². The molecule has 0 amide bonds. The number of aryl methyl sites for hydroxylation is 1. The highest BCUT2D eigenvalue weighted by Crippen LogP contribution is 2.03. The van der Waals surface area contributed by atoms with E-state index in [0.29, 0.717) is 0 Å². The molecule has 0 atom stereocenters. The van der Waals surface area contributed by atoms with Gasteiger partial charge in [-0.2, -0.15) is 0 Å². The van der Waals surface area contributed by atoms with Gasteiger partial charge in [0, 0.05) is 19.8 Å². The summed E-state index contributed by atoms with van der Waals surface area (Å²) in [5.74, 6) is 0. The van der Waals surface area contributed by atoms with Crippen molar-refractivity contribution >= 4 is 0 Å². The van der Waals surface area contributed by atoms with Crippen molar-refractivity contribution in [1.29, 1.82) is 0 Å². The SMILES string of the molecule is COCCCCCc1ccon1. The second-order valence-corrected chi connectivity index (χ2v) is 2.79. The number of ether oxygens (including phenoxy) is 1. The van der Waals surface area contributed by atoms with Gasteiger partial charge in [-0.15, -0.1) is 0 Å². The molecule has 12 heavy (non-hydrogen) atoms. The Balaban J connectivity index is 1.96. The van der Waals surface area contributed by atoms with Crippen molar-refractivity contribution in [3.63, 3.8) is 0 Å². The highest BCUT2D eigenvalue weighted by atomic mass is 16.5. The Morgan fingerprint density at radius 3 is 3.00 bits per heavy atom. The van der Waals surface area contributed by atoms with Gasteiger partial charge < -0.3 is 9.26 Å². The number of unbranched alkanes of at least 4 members (excludes halogenated alkanes) is 2. The van der Waals surface area contributed by atoms with E-state index in [1.807, 2.05) is 6.07 Å². The van der Waals surface area contributed by atoms with Gasteiger partial charge in [-0.05, 0) is 19.3 Å². The van der Waals surface area contributed by atoms with Gasteiger partial charge in [-0.3, -0.25) is 0 Å². The van der Waals surface area contributed by atoms with Gasteiger partial charge in [0.25, 0.3) is 0 Å². The van der Waals surface area contributed by atoms with Crippen molar-refractivity contribution in [3.05, 3.63) is 18.0 Å². The minimum atomic E-state index is 0.860. The first-order valence-electron chi connectivity index (χ1n) is 4.31. The summed E-state index contributed by atoms with van der Waals surface area (Å²) in [6.45, 7) is 0.860. The molecular formula is C9H15NO2. The van der Waals surface area contributed by atoms with Crippen LogP contribution in [-0.2, 0) is 11.2 Å². The van der Waals surface area contributed by atoms with E-state index in [-0.39, 0.29) is 0 Å². The van der Waals surface area contributed by atoms with Crippen LogP contribution in [0.2, 0.25) is 0 Å². The fourth-order valence-electron chi connectivity index (χ4n) is 1.10.